The molecule has 0 aliphatic heterocycles. The number of methoxy groups -OCH3 is 1. The van der Waals surface area contributed by atoms with E-state index in [2.05, 4.69) is 5.32 Å². The molecule has 0 aromatic heterocycles. The summed E-state index contributed by atoms with van der Waals surface area (Å²) in [5, 5.41) is 3.64. The molecule has 1 unspecified atom stereocenters. The SMILES string of the molecule is COc1cccc(COC(C)C(=O)Nc2cc(Cl)cc(Cl)c2)c1. The fourth-order valence-electron chi connectivity index (χ4n) is 1.93. The zero-order valence-corrected chi connectivity index (χ0v) is 14.3. The van der Waals surface area contributed by atoms with Crippen molar-refractivity contribution in [3.8, 4) is 5.75 Å². The monoisotopic (exact) mass is 353 g/mol. The highest BCUT2D eigenvalue weighted by Gasteiger charge is 2.14. The first-order valence-electron chi connectivity index (χ1n) is 6.99. The molecule has 2 aromatic rings. The van der Waals surface area contributed by atoms with Gasteiger partial charge in [0.25, 0.3) is 5.91 Å². The minimum Gasteiger partial charge on any atom is -0.497 e. The predicted molar refractivity (Wildman–Crippen MR) is 92.3 cm³/mol. The van der Waals surface area contributed by atoms with Gasteiger partial charge < -0.3 is 14.8 Å². The van der Waals surface area contributed by atoms with E-state index in [0.29, 0.717) is 22.3 Å². The van der Waals surface area contributed by atoms with Gasteiger partial charge in [-0.05, 0) is 42.8 Å². The lowest BCUT2D eigenvalue weighted by molar-refractivity contribution is -0.127. The molecule has 1 atom stereocenters. The summed E-state index contributed by atoms with van der Waals surface area (Å²) in [5.41, 5.74) is 1.46. The zero-order valence-electron chi connectivity index (χ0n) is 12.8. The van der Waals surface area contributed by atoms with E-state index in [1.165, 1.54) is 0 Å². The molecule has 0 spiro atoms. The third-order valence-corrected chi connectivity index (χ3v) is 3.57. The highest BCUT2D eigenvalue weighted by atomic mass is 35.5. The Morgan fingerprint density at radius 1 is 1.17 bits per heavy atom. The molecule has 23 heavy (non-hydrogen) atoms. The summed E-state index contributed by atoms with van der Waals surface area (Å²) in [5.74, 6) is 0.475. The van der Waals surface area contributed by atoms with Crippen LogP contribution in [0.15, 0.2) is 42.5 Å². The number of ether oxygens (including phenoxy) is 2. The first kappa shape index (κ1) is 17.6. The Labute approximate surface area is 145 Å². The average molecular weight is 354 g/mol. The van der Waals surface area contributed by atoms with E-state index in [-0.39, 0.29) is 5.91 Å². The second-order valence-electron chi connectivity index (χ2n) is 4.95. The lowest BCUT2D eigenvalue weighted by atomic mass is 10.2. The van der Waals surface area contributed by atoms with Crippen LogP contribution in [0.4, 0.5) is 5.69 Å². The van der Waals surface area contributed by atoms with Crippen LogP contribution in [0.25, 0.3) is 0 Å². The first-order chi connectivity index (χ1) is 11.0. The standard InChI is InChI=1S/C17H17Cl2NO3/c1-11(23-10-12-4-3-5-16(6-12)22-2)17(21)20-15-8-13(18)7-14(19)9-15/h3-9,11H,10H2,1-2H3,(H,20,21). The van der Waals surface area contributed by atoms with Gasteiger partial charge >= 0.3 is 0 Å². The van der Waals surface area contributed by atoms with Crippen molar-refractivity contribution in [2.24, 2.45) is 0 Å². The van der Waals surface area contributed by atoms with Crippen molar-refractivity contribution in [1.82, 2.24) is 0 Å². The van der Waals surface area contributed by atoms with Crippen molar-refractivity contribution in [3.05, 3.63) is 58.1 Å². The number of anilines is 1. The summed E-state index contributed by atoms with van der Waals surface area (Å²) in [7, 11) is 1.60. The van der Waals surface area contributed by atoms with Crippen molar-refractivity contribution in [2.75, 3.05) is 12.4 Å². The van der Waals surface area contributed by atoms with Crippen LogP contribution in [-0.2, 0) is 16.1 Å². The van der Waals surface area contributed by atoms with E-state index in [1.54, 1.807) is 32.2 Å². The molecule has 0 radical (unpaired) electrons. The topological polar surface area (TPSA) is 47.6 Å². The largest absolute Gasteiger partial charge is 0.497 e. The molecule has 0 bridgehead atoms. The quantitative estimate of drug-likeness (QED) is 0.828. The molecule has 2 aromatic carbocycles. The van der Waals surface area contributed by atoms with Crippen LogP contribution in [0.2, 0.25) is 10.0 Å². The summed E-state index contributed by atoms with van der Waals surface area (Å²) in [6, 6.07) is 12.3. The van der Waals surface area contributed by atoms with Gasteiger partial charge in [0, 0.05) is 15.7 Å². The second kappa shape index (κ2) is 8.20. The van der Waals surface area contributed by atoms with Gasteiger partial charge in [-0.15, -0.1) is 0 Å². The smallest absolute Gasteiger partial charge is 0.253 e. The molecule has 2 rings (SSSR count). The number of nitrogens with one attached hydrogen (secondary N) is 1. The van der Waals surface area contributed by atoms with E-state index in [0.717, 1.165) is 11.3 Å². The van der Waals surface area contributed by atoms with Gasteiger partial charge in [0.05, 0.1) is 13.7 Å². The molecule has 1 amide bonds. The van der Waals surface area contributed by atoms with Crippen molar-refractivity contribution < 1.29 is 14.3 Å². The van der Waals surface area contributed by atoms with Crippen molar-refractivity contribution in [3.63, 3.8) is 0 Å². The molecule has 0 heterocycles. The molecular weight excluding hydrogens is 337 g/mol. The van der Waals surface area contributed by atoms with Crippen LogP contribution in [0.5, 0.6) is 5.75 Å². The van der Waals surface area contributed by atoms with Crippen molar-refractivity contribution >= 4 is 34.8 Å². The van der Waals surface area contributed by atoms with Gasteiger partial charge in [-0.1, -0.05) is 35.3 Å². The minimum absolute atomic E-state index is 0.272. The molecule has 0 saturated heterocycles. The number of rotatable bonds is 6. The maximum absolute atomic E-state index is 12.1. The normalized spacial score (nSPS) is 11.8. The third kappa shape index (κ3) is 5.43. The van der Waals surface area contributed by atoms with Crippen molar-refractivity contribution in [1.29, 1.82) is 0 Å². The highest BCUT2D eigenvalue weighted by molar-refractivity contribution is 6.35. The summed E-state index contributed by atoms with van der Waals surface area (Å²) in [6.07, 6.45) is -0.626. The van der Waals surface area contributed by atoms with Gasteiger partial charge in [0.15, 0.2) is 0 Å². The van der Waals surface area contributed by atoms with Gasteiger partial charge in [0.2, 0.25) is 0 Å². The Kier molecular flexibility index (Phi) is 6.28. The van der Waals surface area contributed by atoms with Crippen LogP contribution in [0, 0.1) is 0 Å². The number of hydrogen-bond donors (Lipinski definition) is 1. The van der Waals surface area contributed by atoms with E-state index in [4.69, 9.17) is 32.7 Å². The Morgan fingerprint density at radius 3 is 2.52 bits per heavy atom. The molecule has 0 fully saturated rings. The van der Waals surface area contributed by atoms with Crippen LogP contribution in [0.3, 0.4) is 0 Å². The Hall–Kier alpha value is -1.75. The number of halogens is 2. The number of carbonyl (C=O) groups excluding carboxylic acids is 1. The molecule has 4 nitrogen and oxygen atoms in total. The Balaban J connectivity index is 1.91. The number of benzene rings is 2. The zero-order chi connectivity index (χ0) is 16.8. The fraction of sp³-hybridized carbons (Fsp3) is 0.235. The number of hydrogen-bond acceptors (Lipinski definition) is 3. The lowest BCUT2D eigenvalue weighted by Crippen LogP contribution is -2.27. The summed E-state index contributed by atoms with van der Waals surface area (Å²) < 4.78 is 10.7. The fourth-order valence-corrected chi connectivity index (χ4v) is 2.46. The average Bonchev–Trinajstić information content (AvgIpc) is 2.51. The number of carbonyl (C=O) groups is 1. The predicted octanol–water partition coefficient (Wildman–Crippen LogP) is 4.55. The maximum atomic E-state index is 12.1. The number of amides is 1. The van der Waals surface area contributed by atoms with E-state index in [9.17, 15) is 4.79 Å². The molecule has 122 valence electrons. The van der Waals surface area contributed by atoms with Gasteiger partial charge in [-0.2, -0.15) is 0 Å². The van der Waals surface area contributed by atoms with Crippen molar-refractivity contribution in [2.45, 2.75) is 19.6 Å². The summed E-state index contributed by atoms with van der Waals surface area (Å²) in [4.78, 5) is 12.1. The third-order valence-electron chi connectivity index (χ3n) is 3.13. The molecule has 6 heteroatoms. The molecule has 0 aliphatic carbocycles. The van der Waals surface area contributed by atoms with Gasteiger partial charge in [-0.3, -0.25) is 4.79 Å². The molecular formula is C17H17Cl2NO3. The Bertz CT molecular complexity index is 671. The van der Waals surface area contributed by atoms with Crippen LogP contribution in [0.1, 0.15) is 12.5 Å². The first-order valence-corrected chi connectivity index (χ1v) is 7.75. The summed E-state index contributed by atoms with van der Waals surface area (Å²) in [6.45, 7) is 1.99. The molecule has 0 aliphatic rings. The molecule has 0 saturated carbocycles. The van der Waals surface area contributed by atoms with Crippen LogP contribution < -0.4 is 10.1 Å². The van der Waals surface area contributed by atoms with Crippen LogP contribution in [-0.4, -0.2) is 19.1 Å². The summed E-state index contributed by atoms with van der Waals surface area (Å²) >= 11 is 11.8. The van der Waals surface area contributed by atoms with Crippen LogP contribution >= 0.6 is 23.2 Å². The second-order valence-corrected chi connectivity index (χ2v) is 5.83. The highest BCUT2D eigenvalue weighted by Crippen LogP contribution is 2.22. The van der Waals surface area contributed by atoms with E-state index >= 15 is 0 Å². The maximum Gasteiger partial charge on any atom is 0.253 e. The van der Waals surface area contributed by atoms with Gasteiger partial charge in [-0.25, -0.2) is 0 Å². The van der Waals surface area contributed by atoms with E-state index < -0.39 is 6.10 Å². The van der Waals surface area contributed by atoms with E-state index in [1.807, 2.05) is 24.3 Å². The van der Waals surface area contributed by atoms with Gasteiger partial charge in [0.1, 0.15) is 11.9 Å². The molecule has 1 N–H and O–H groups in total. The lowest BCUT2D eigenvalue weighted by Gasteiger charge is -2.14. The Morgan fingerprint density at radius 2 is 1.87 bits per heavy atom. The minimum atomic E-state index is -0.626.